The molecule has 0 radical (unpaired) electrons. The number of nitrogens with zero attached hydrogens (tertiary/aromatic N) is 1. The molecule has 0 aliphatic rings. The number of carbonyl (C=O) groups is 1. The number of rotatable bonds is 1. The van der Waals surface area contributed by atoms with Gasteiger partial charge in [-0.3, -0.25) is 4.79 Å². The van der Waals surface area contributed by atoms with Gasteiger partial charge in [-0.25, -0.2) is 0 Å². The summed E-state index contributed by atoms with van der Waals surface area (Å²) in [5.41, 5.74) is 1.63. The van der Waals surface area contributed by atoms with Crippen LogP contribution in [0.15, 0.2) is 22.7 Å². The lowest BCUT2D eigenvalue weighted by molar-refractivity contribution is 0.101. The van der Waals surface area contributed by atoms with Gasteiger partial charge in [-0.1, -0.05) is 17.7 Å². The second kappa shape index (κ2) is 3.65. The average molecular weight is 287 g/mol. The van der Waals surface area contributed by atoms with Crippen molar-refractivity contribution in [1.82, 2.24) is 4.57 Å². The molecule has 2 aromatic rings. The molecule has 0 N–H and O–H groups in total. The topological polar surface area (TPSA) is 22.0 Å². The van der Waals surface area contributed by atoms with Crippen molar-refractivity contribution in [3.8, 4) is 0 Å². The molecule has 0 aliphatic carbocycles. The molecule has 0 unspecified atom stereocenters. The van der Waals surface area contributed by atoms with Crippen LogP contribution in [0.1, 0.15) is 17.4 Å². The van der Waals surface area contributed by atoms with E-state index in [1.165, 1.54) is 0 Å². The van der Waals surface area contributed by atoms with Crippen LogP contribution in [0.4, 0.5) is 0 Å². The number of aromatic nitrogens is 1. The molecule has 0 spiro atoms. The van der Waals surface area contributed by atoms with Gasteiger partial charge in [0, 0.05) is 24.4 Å². The fourth-order valence-corrected chi connectivity index (χ4v) is 2.80. The highest BCUT2D eigenvalue weighted by atomic mass is 79.9. The monoisotopic (exact) mass is 285 g/mol. The van der Waals surface area contributed by atoms with E-state index < -0.39 is 0 Å². The predicted octanol–water partition coefficient (Wildman–Crippen LogP) is 3.80. The minimum Gasteiger partial charge on any atom is -0.340 e. The largest absolute Gasteiger partial charge is 0.340 e. The summed E-state index contributed by atoms with van der Waals surface area (Å²) in [7, 11) is 1.86. The number of hydrogen-bond acceptors (Lipinski definition) is 1. The molecule has 2 nitrogen and oxygen atoms in total. The standard InChI is InChI=1S/C11H9BrClNO/c1-6(15)11-10(12)8-4-3-7(13)5-9(8)14(11)2/h3-5H,1-2H3. The van der Waals surface area contributed by atoms with Gasteiger partial charge < -0.3 is 4.57 Å². The van der Waals surface area contributed by atoms with E-state index in [0.717, 1.165) is 15.4 Å². The second-order valence-corrected chi connectivity index (χ2v) is 4.67. The van der Waals surface area contributed by atoms with E-state index in [4.69, 9.17) is 11.6 Å². The molecule has 0 amide bonds. The molecule has 0 fully saturated rings. The average Bonchev–Trinajstić information content (AvgIpc) is 2.39. The van der Waals surface area contributed by atoms with Crippen LogP contribution in [-0.2, 0) is 7.05 Å². The Balaban J connectivity index is 2.91. The summed E-state index contributed by atoms with van der Waals surface area (Å²) >= 11 is 9.36. The van der Waals surface area contributed by atoms with Crippen molar-refractivity contribution in [1.29, 1.82) is 0 Å². The van der Waals surface area contributed by atoms with Crippen molar-refractivity contribution >= 4 is 44.2 Å². The van der Waals surface area contributed by atoms with Crippen molar-refractivity contribution < 1.29 is 4.79 Å². The summed E-state index contributed by atoms with van der Waals surface area (Å²) in [5, 5.41) is 1.68. The van der Waals surface area contributed by atoms with Crippen LogP contribution in [0.3, 0.4) is 0 Å². The molecule has 0 atom stereocenters. The zero-order valence-electron chi connectivity index (χ0n) is 8.34. The van der Waals surface area contributed by atoms with Crippen molar-refractivity contribution in [2.75, 3.05) is 0 Å². The van der Waals surface area contributed by atoms with Crippen LogP contribution < -0.4 is 0 Å². The number of hydrogen-bond donors (Lipinski definition) is 0. The van der Waals surface area contributed by atoms with Crippen LogP contribution in [0, 0.1) is 0 Å². The third kappa shape index (κ3) is 1.60. The Kier molecular flexibility index (Phi) is 2.61. The maximum absolute atomic E-state index is 11.5. The predicted molar refractivity (Wildman–Crippen MR) is 65.6 cm³/mol. The molecular formula is C11H9BrClNO. The lowest BCUT2D eigenvalue weighted by Gasteiger charge is -2.00. The first-order valence-corrected chi connectivity index (χ1v) is 5.64. The summed E-state index contributed by atoms with van der Waals surface area (Å²) in [5.74, 6) is 0.0386. The molecule has 78 valence electrons. The van der Waals surface area contributed by atoms with Crippen LogP contribution in [0.25, 0.3) is 10.9 Å². The molecule has 0 aliphatic heterocycles. The van der Waals surface area contributed by atoms with Gasteiger partial charge >= 0.3 is 0 Å². The van der Waals surface area contributed by atoms with E-state index >= 15 is 0 Å². The zero-order chi connectivity index (χ0) is 11.2. The number of aryl methyl sites for hydroxylation is 1. The number of halogens is 2. The molecular weight excluding hydrogens is 277 g/mol. The Bertz CT molecular complexity index is 559. The second-order valence-electron chi connectivity index (χ2n) is 3.44. The summed E-state index contributed by atoms with van der Waals surface area (Å²) in [6, 6.07) is 5.58. The minimum atomic E-state index is 0.0386. The molecule has 0 bridgehead atoms. The van der Waals surface area contributed by atoms with Crippen molar-refractivity contribution in [2.24, 2.45) is 7.05 Å². The first-order chi connectivity index (χ1) is 7.02. The molecule has 1 aromatic heterocycles. The summed E-state index contributed by atoms with van der Waals surface area (Å²) in [6.07, 6.45) is 0. The fraction of sp³-hybridized carbons (Fsp3) is 0.182. The highest BCUT2D eigenvalue weighted by molar-refractivity contribution is 9.10. The highest BCUT2D eigenvalue weighted by Crippen LogP contribution is 2.32. The lowest BCUT2D eigenvalue weighted by atomic mass is 10.2. The van der Waals surface area contributed by atoms with Gasteiger partial charge in [0.15, 0.2) is 5.78 Å². The number of benzene rings is 1. The number of fused-ring (bicyclic) bond motifs is 1. The summed E-state index contributed by atoms with van der Waals surface area (Å²) in [4.78, 5) is 11.5. The van der Waals surface area contributed by atoms with Gasteiger partial charge in [-0.05, 0) is 28.1 Å². The zero-order valence-corrected chi connectivity index (χ0v) is 10.7. The number of carbonyl (C=O) groups excluding carboxylic acids is 1. The molecule has 1 heterocycles. The molecule has 0 saturated heterocycles. The van der Waals surface area contributed by atoms with E-state index in [9.17, 15) is 4.79 Å². The molecule has 15 heavy (non-hydrogen) atoms. The van der Waals surface area contributed by atoms with E-state index in [1.807, 2.05) is 29.8 Å². The summed E-state index contributed by atoms with van der Waals surface area (Å²) in [6.45, 7) is 1.56. The van der Waals surface area contributed by atoms with Gasteiger partial charge in [0.05, 0.1) is 15.7 Å². The maximum Gasteiger partial charge on any atom is 0.177 e. The molecule has 1 aromatic carbocycles. The normalized spacial score (nSPS) is 10.9. The highest BCUT2D eigenvalue weighted by Gasteiger charge is 2.16. The Morgan fingerprint density at radius 2 is 2.13 bits per heavy atom. The first-order valence-electron chi connectivity index (χ1n) is 4.46. The SMILES string of the molecule is CC(=O)c1c(Br)c2ccc(Cl)cc2n1C. The quantitative estimate of drug-likeness (QED) is 0.731. The first kappa shape index (κ1) is 10.7. The third-order valence-electron chi connectivity index (χ3n) is 2.43. The van der Waals surface area contributed by atoms with E-state index in [-0.39, 0.29) is 5.78 Å². The van der Waals surface area contributed by atoms with Crippen LogP contribution in [0.5, 0.6) is 0 Å². The van der Waals surface area contributed by atoms with Gasteiger partial charge in [-0.15, -0.1) is 0 Å². The lowest BCUT2D eigenvalue weighted by Crippen LogP contribution is -2.01. The smallest absolute Gasteiger partial charge is 0.177 e. The number of ketones is 1. The molecule has 0 saturated carbocycles. The maximum atomic E-state index is 11.5. The van der Waals surface area contributed by atoms with Crippen LogP contribution in [-0.4, -0.2) is 10.4 Å². The Labute approximate surface area is 101 Å². The van der Waals surface area contributed by atoms with Gasteiger partial charge in [-0.2, -0.15) is 0 Å². The molecule has 4 heteroatoms. The van der Waals surface area contributed by atoms with E-state index in [1.54, 1.807) is 6.92 Å². The van der Waals surface area contributed by atoms with Crippen LogP contribution in [0.2, 0.25) is 5.02 Å². The van der Waals surface area contributed by atoms with E-state index in [0.29, 0.717) is 10.7 Å². The van der Waals surface area contributed by atoms with Crippen LogP contribution >= 0.6 is 27.5 Å². The summed E-state index contributed by atoms with van der Waals surface area (Å²) < 4.78 is 2.69. The number of Topliss-reactive ketones (excluding diaryl/α,β-unsaturated/α-hetero) is 1. The minimum absolute atomic E-state index is 0.0386. The Morgan fingerprint density at radius 3 is 2.73 bits per heavy atom. The van der Waals surface area contributed by atoms with Crippen molar-refractivity contribution in [3.63, 3.8) is 0 Å². The Morgan fingerprint density at radius 1 is 1.47 bits per heavy atom. The van der Waals surface area contributed by atoms with Gasteiger partial charge in [0.25, 0.3) is 0 Å². The third-order valence-corrected chi connectivity index (χ3v) is 3.47. The fourth-order valence-electron chi connectivity index (χ4n) is 1.75. The Hall–Kier alpha value is -0.800. The van der Waals surface area contributed by atoms with Gasteiger partial charge in [0.2, 0.25) is 0 Å². The van der Waals surface area contributed by atoms with Crippen molar-refractivity contribution in [3.05, 3.63) is 33.4 Å². The van der Waals surface area contributed by atoms with E-state index in [2.05, 4.69) is 15.9 Å². The van der Waals surface area contributed by atoms with Gasteiger partial charge in [0.1, 0.15) is 0 Å². The molecule has 2 rings (SSSR count). The van der Waals surface area contributed by atoms with Crippen molar-refractivity contribution in [2.45, 2.75) is 6.92 Å².